The van der Waals surface area contributed by atoms with Gasteiger partial charge < -0.3 is 21.3 Å². The zero-order chi connectivity index (χ0) is 22.4. The van der Waals surface area contributed by atoms with Crippen LogP contribution in [0.25, 0.3) is 0 Å². The van der Waals surface area contributed by atoms with Gasteiger partial charge in [0.15, 0.2) is 23.4 Å². The maximum absolute atomic E-state index is 13.7. The number of anilines is 2. The molecule has 2 aromatic rings. The fourth-order valence-corrected chi connectivity index (χ4v) is 3.21. The number of carbonyl (C=O) groups is 2. The normalized spacial score (nSPS) is 15.7. The van der Waals surface area contributed by atoms with E-state index in [2.05, 4.69) is 26.3 Å². The minimum atomic E-state index is -1.66. The smallest absolute Gasteiger partial charge is 0.246 e. The Labute approximate surface area is 177 Å². The summed E-state index contributed by atoms with van der Waals surface area (Å²) in [5.74, 6) is -5.02. The standard InChI is InChI=1S/C21H22F3N5O2/c1-2-25-21(26-10-12-9-17(30)28-15-6-4-3-5-13(12)15)27-11-18(31)29-16-8-7-14(22)19(23)20(16)24/h3-8,12H,2,9-11H2,1H3,(H,28,30)(H,29,31)(H2,25,26,27). The van der Waals surface area contributed by atoms with Crippen molar-refractivity contribution in [3.8, 4) is 0 Å². The Kier molecular flexibility index (Phi) is 7.11. The summed E-state index contributed by atoms with van der Waals surface area (Å²) in [6.07, 6.45) is 0.305. The second-order valence-corrected chi connectivity index (χ2v) is 6.88. The van der Waals surface area contributed by atoms with Gasteiger partial charge in [0.25, 0.3) is 0 Å². The lowest BCUT2D eigenvalue weighted by atomic mass is 9.90. The minimum Gasteiger partial charge on any atom is -0.357 e. The molecular weight excluding hydrogens is 411 g/mol. The molecular formula is C21H22F3N5O2. The zero-order valence-corrected chi connectivity index (χ0v) is 16.8. The number of guanidine groups is 1. The highest BCUT2D eigenvalue weighted by Gasteiger charge is 2.24. The van der Waals surface area contributed by atoms with Crippen LogP contribution in [0.4, 0.5) is 24.5 Å². The van der Waals surface area contributed by atoms with Gasteiger partial charge in [-0.2, -0.15) is 0 Å². The van der Waals surface area contributed by atoms with Gasteiger partial charge in [-0.15, -0.1) is 0 Å². The molecule has 3 rings (SSSR count). The summed E-state index contributed by atoms with van der Waals surface area (Å²) < 4.78 is 40.0. The van der Waals surface area contributed by atoms with E-state index in [-0.39, 0.29) is 18.4 Å². The predicted octanol–water partition coefficient (Wildman–Crippen LogP) is 2.72. The Bertz CT molecular complexity index is 1010. The highest BCUT2D eigenvalue weighted by molar-refractivity contribution is 5.95. The lowest BCUT2D eigenvalue weighted by Crippen LogP contribution is -2.41. The Morgan fingerprint density at radius 2 is 1.90 bits per heavy atom. The third-order valence-electron chi connectivity index (χ3n) is 4.66. The number of halogens is 3. The van der Waals surface area contributed by atoms with Crippen LogP contribution in [-0.2, 0) is 9.59 Å². The molecule has 164 valence electrons. The van der Waals surface area contributed by atoms with Crippen LogP contribution in [0.15, 0.2) is 41.4 Å². The number of para-hydroxylation sites is 1. The van der Waals surface area contributed by atoms with Crippen molar-refractivity contribution in [2.24, 2.45) is 4.99 Å². The molecule has 1 aliphatic heterocycles. The van der Waals surface area contributed by atoms with E-state index < -0.39 is 29.0 Å². The molecule has 0 radical (unpaired) electrons. The average Bonchev–Trinajstić information content (AvgIpc) is 2.75. The van der Waals surface area contributed by atoms with Gasteiger partial charge in [0.05, 0.1) is 5.69 Å². The van der Waals surface area contributed by atoms with Crippen molar-refractivity contribution in [2.45, 2.75) is 19.3 Å². The largest absolute Gasteiger partial charge is 0.357 e. The maximum atomic E-state index is 13.7. The number of nitrogens with one attached hydrogen (secondary N) is 4. The van der Waals surface area contributed by atoms with Gasteiger partial charge in [-0.05, 0) is 30.7 Å². The molecule has 1 unspecified atom stereocenters. The van der Waals surface area contributed by atoms with E-state index in [9.17, 15) is 22.8 Å². The first kappa shape index (κ1) is 22.1. The maximum Gasteiger partial charge on any atom is 0.246 e. The molecule has 1 aliphatic rings. The van der Waals surface area contributed by atoms with E-state index >= 15 is 0 Å². The number of hydrogen-bond acceptors (Lipinski definition) is 3. The van der Waals surface area contributed by atoms with E-state index in [0.29, 0.717) is 25.5 Å². The summed E-state index contributed by atoms with van der Waals surface area (Å²) in [6, 6.07) is 9.17. The number of carbonyl (C=O) groups excluding carboxylic acids is 2. The SMILES string of the molecule is CCNC(=NCC(=O)Nc1ccc(F)c(F)c1F)NCC1CC(=O)Nc2ccccc21. The highest BCUT2D eigenvalue weighted by atomic mass is 19.2. The number of rotatable bonds is 6. The van der Waals surface area contributed by atoms with Crippen molar-refractivity contribution < 1.29 is 22.8 Å². The third kappa shape index (κ3) is 5.53. The number of nitrogens with zero attached hydrogens (tertiary/aromatic N) is 1. The van der Waals surface area contributed by atoms with E-state index in [1.807, 2.05) is 31.2 Å². The van der Waals surface area contributed by atoms with Crippen molar-refractivity contribution in [1.29, 1.82) is 0 Å². The van der Waals surface area contributed by atoms with Gasteiger partial charge in [-0.1, -0.05) is 18.2 Å². The van der Waals surface area contributed by atoms with Crippen LogP contribution in [0.1, 0.15) is 24.8 Å². The number of benzene rings is 2. The summed E-state index contributed by atoms with van der Waals surface area (Å²) in [6.45, 7) is 2.38. The van der Waals surface area contributed by atoms with Crippen molar-refractivity contribution in [1.82, 2.24) is 10.6 Å². The molecule has 0 bridgehead atoms. The second kappa shape index (κ2) is 9.96. The average molecular weight is 433 g/mol. The van der Waals surface area contributed by atoms with E-state index in [0.717, 1.165) is 23.4 Å². The summed E-state index contributed by atoms with van der Waals surface area (Å²) in [5.41, 5.74) is 1.29. The number of fused-ring (bicyclic) bond motifs is 1. The fraction of sp³-hybridized carbons (Fsp3) is 0.286. The Balaban J connectivity index is 1.62. The first-order chi connectivity index (χ1) is 14.9. The summed E-state index contributed by atoms with van der Waals surface area (Å²) in [5, 5.41) is 11.1. The van der Waals surface area contributed by atoms with Crippen LogP contribution in [0.3, 0.4) is 0 Å². The summed E-state index contributed by atoms with van der Waals surface area (Å²) >= 11 is 0. The highest BCUT2D eigenvalue weighted by Crippen LogP contribution is 2.31. The minimum absolute atomic E-state index is 0.0830. The third-order valence-corrected chi connectivity index (χ3v) is 4.66. The van der Waals surface area contributed by atoms with Gasteiger partial charge in [0.1, 0.15) is 6.54 Å². The summed E-state index contributed by atoms with van der Waals surface area (Å²) in [4.78, 5) is 28.2. The molecule has 0 fully saturated rings. The molecule has 1 heterocycles. The van der Waals surface area contributed by atoms with E-state index in [1.54, 1.807) is 0 Å². The molecule has 1 atom stereocenters. The molecule has 4 N–H and O–H groups in total. The molecule has 0 aromatic heterocycles. The molecule has 0 spiro atoms. The number of hydrogen-bond donors (Lipinski definition) is 4. The van der Waals surface area contributed by atoms with Gasteiger partial charge in [0.2, 0.25) is 11.8 Å². The number of aliphatic imine (C=N–C) groups is 1. The van der Waals surface area contributed by atoms with E-state index in [1.165, 1.54) is 0 Å². The van der Waals surface area contributed by atoms with Crippen molar-refractivity contribution in [2.75, 3.05) is 30.3 Å². The number of amides is 2. The monoisotopic (exact) mass is 433 g/mol. The predicted molar refractivity (Wildman–Crippen MR) is 111 cm³/mol. The van der Waals surface area contributed by atoms with Crippen molar-refractivity contribution in [3.05, 3.63) is 59.4 Å². The van der Waals surface area contributed by atoms with Gasteiger partial charge in [-0.25, -0.2) is 18.2 Å². The molecule has 0 aliphatic carbocycles. The molecule has 0 saturated heterocycles. The molecule has 10 heteroatoms. The lowest BCUT2D eigenvalue weighted by Gasteiger charge is -2.26. The molecule has 7 nitrogen and oxygen atoms in total. The second-order valence-electron chi connectivity index (χ2n) is 6.88. The van der Waals surface area contributed by atoms with Crippen LogP contribution in [0, 0.1) is 17.5 Å². The first-order valence-corrected chi connectivity index (χ1v) is 9.73. The molecule has 2 aromatic carbocycles. The van der Waals surface area contributed by atoms with Gasteiger partial charge in [-0.3, -0.25) is 9.59 Å². The zero-order valence-electron chi connectivity index (χ0n) is 16.8. The van der Waals surface area contributed by atoms with Crippen LogP contribution < -0.4 is 21.3 Å². The van der Waals surface area contributed by atoms with Crippen LogP contribution in [0.5, 0.6) is 0 Å². The molecule has 0 saturated carbocycles. The van der Waals surface area contributed by atoms with Crippen molar-refractivity contribution in [3.63, 3.8) is 0 Å². The Hall–Kier alpha value is -3.56. The lowest BCUT2D eigenvalue weighted by molar-refractivity contribution is -0.117. The van der Waals surface area contributed by atoms with E-state index in [4.69, 9.17) is 0 Å². The van der Waals surface area contributed by atoms with Crippen LogP contribution in [0.2, 0.25) is 0 Å². The van der Waals surface area contributed by atoms with Crippen LogP contribution in [-0.4, -0.2) is 37.4 Å². The quantitative estimate of drug-likeness (QED) is 0.320. The summed E-state index contributed by atoms with van der Waals surface area (Å²) in [7, 11) is 0. The fourth-order valence-electron chi connectivity index (χ4n) is 3.21. The van der Waals surface area contributed by atoms with Gasteiger partial charge >= 0.3 is 0 Å². The topological polar surface area (TPSA) is 94.6 Å². The van der Waals surface area contributed by atoms with Gasteiger partial charge in [0, 0.05) is 31.1 Å². The Morgan fingerprint density at radius 3 is 2.68 bits per heavy atom. The molecule has 2 amide bonds. The Morgan fingerprint density at radius 1 is 1.13 bits per heavy atom. The van der Waals surface area contributed by atoms with Crippen molar-refractivity contribution >= 4 is 29.1 Å². The first-order valence-electron chi connectivity index (χ1n) is 9.73. The van der Waals surface area contributed by atoms with Crippen LogP contribution >= 0.6 is 0 Å². The molecule has 31 heavy (non-hydrogen) atoms.